The van der Waals surface area contributed by atoms with Gasteiger partial charge in [0.05, 0.1) is 0 Å². The number of benzene rings is 2. The molecule has 6 heteroatoms. The van der Waals surface area contributed by atoms with Crippen molar-refractivity contribution in [2.24, 2.45) is 0 Å². The highest BCUT2D eigenvalue weighted by Gasteiger charge is 2.00. The number of phenols is 2. The van der Waals surface area contributed by atoms with Crippen LogP contribution in [0.5, 0.6) is 11.5 Å². The Hall–Kier alpha value is -3.54. The van der Waals surface area contributed by atoms with Gasteiger partial charge in [0.2, 0.25) is 11.8 Å². The topological polar surface area (TPSA) is 98.7 Å². The zero-order valence-corrected chi connectivity index (χ0v) is 14.8. The van der Waals surface area contributed by atoms with Crippen LogP contribution in [0.1, 0.15) is 17.5 Å². The van der Waals surface area contributed by atoms with Crippen LogP contribution in [0.4, 0.5) is 0 Å². The summed E-state index contributed by atoms with van der Waals surface area (Å²) in [5.74, 6) is -0.324. The van der Waals surface area contributed by atoms with Gasteiger partial charge in [-0.05, 0) is 30.7 Å². The average Bonchev–Trinajstić information content (AvgIpc) is 2.66. The number of para-hydroxylation sites is 2. The third kappa shape index (κ3) is 7.07. The molecule has 0 bridgehead atoms. The van der Waals surface area contributed by atoms with E-state index in [0.29, 0.717) is 30.6 Å². The number of hydrogen-bond acceptors (Lipinski definition) is 4. The molecule has 140 valence electrons. The van der Waals surface area contributed by atoms with Gasteiger partial charge in [0, 0.05) is 36.4 Å². The van der Waals surface area contributed by atoms with E-state index in [0.717, 1.165) is 0 Å². The van der Waals surface area contributed by atoms with Crippen LogP contribution < -0.4 is 10.6 Å². The predicted molar refractivity (Wildman–Crippen MR) is 105 cm³/mol. The molecular weight excluding hydrogens is 344 g/mol. The Morgan fingerprint density at radius 3 is 1.56 bits per heavy atom. The molecule has 0 saturated carbocycles. The second-order valence-electron chi connectivity index (χ2n) is 5.72. The minimum atomic E-state index is -0.274. The molecule has 0 radical (unpaired) electrons. The van der Waals surface area contributed by atoms with Crippen LogP contribution in [0, 0.1) is 0 Å². The van der Waals surface area contributed by atoms with E-state index in [-0.39, 0.29) is 23.3 Å². The fraction of sp³-hybridized carbons (Fsp3) is 0.143. The highest BCUT2D eigenvalue weighted by Crippen LogP contribution is 2.17. The maximum absolute atomic E-state index is 11.7. The first kappa shape index (κ1) is 19.8. The van der Waals surface area contributed by atoms with Gasteiger partial charge in [-0.25, -0.2) is 0 Å². The van der Waals surface area contributed by atoms with Crippen LogP contribution in [0.15, 0.2) is 60.7 Å². The van der Waals surface area contributed by atoms with Gasteiger partial charge < -0.3 is 20.8 Å². The maximum atomic E-state index is 11.7. The van der Waals surface area contributed by atoms with E-state index < -0.39 is 0 Å². The quantitative estimate of drug-likeness (QED) is 0.426. The normalized spacial score (nSPS) is 11.0. The Kier molecular flexibility index (Phi) is 7.66. The zero-order chi connectivity index (χ0) is 19.5. The van der Waals surface area contributed by atoms with E-state index in [2.05, 4.69) is 10.6 Å². The SMILES string of the molecule is O=C(/C=C/c1ccccc1O)NCCCNC(=O)/C=C/c1ccccc1O. The Morgan fingerprint density at radius 1 is 0.741 bits per heavy atom. The van der Waals surface area contributed by atoms with Crippen LogP contribution >= 0.6 is 0 Å². The van der Waals surface area contributed by atoms with Crippen molar-refractivity contribution in [3.8, 4) is 11.5 Å². The molecule has 2 rings (SSSR count). The molecule has 0 unspecified atom stereocenters. The number of aromatic hydroxyl groups is 2. The minimum absolute atomic E-state index is 0.112. The Balaban J connectivity index is 1.64. The summed E-state index contributed by atoms with van der Waals surface area (Å²) in [7, 11) is 0. The van der Waals surface area contributed by atoms with Crippen LogP contribution in [-0.4, -0.2) is 35.1 Å². The van der Waals surface area contributed by atoms with Crippen molar-refractivity contribution < 1.29 is 19.8 Å². The van der Waals surface area contributed by atoms with Crippen LogP contribution in [-0.2, 0) is 9.59 Å². The van der Waals surface area contributed by atoms with Crippen molar-refractivity contribution in [2.75, 3.05) is 13.1 Å². The van der Waals surface area contributed by atoms with Gasteiger partial charge in [-0.3, -0.25) is 9.59 Å². The lowest BCUT2D eigenvalue weighted by atomic mass is 10.2. The Labute approximate surface area is 157 Å². The first-order valence-electron chi connectivity index (χ1n) is 8.54. The summed E-state index contributed by atoms with van der Waals surface area (Å²) in [5, 5.41) is 24.6. The fourth-order valence-corrected chi connectivity index (χ4v) is 2.22. The number of carbonyl (C=O) groups excluding carboxylic acids is 2. The molecular formula is C21H22N2O4. The third-order valence-electron chi connectivity index (χ3n) is 3.65. The lowest BCUT2D eigenvalue weighted by molar-refractivity contribution is -0.116. The molecule has 0 atom stereocenters. The van der Waals surface area contributed by atoms with Gasteiger partial charge in [0.1, 0.15) is 11.5 Å². The van der Waals surface area contributed by atoms with Crippen molar-refractivity contribution in [1.29, 1.82) is 0 Å². The first-order valence-corrected chi connectivity index (χ1v) is 8.54. The minimum Gasteiger partial charge on any atom is -0.507 e. The van der Waals surface area contributed by atoms with Crippen molar-refractivity contribution >= 4 is 24.0 Å². The van der Waals surface area contributed by atoms with E-state index in [9.17, 15) is 19.8 Å². The van der Waals surface area contributed by atoms with Gasteiger partial charge in [-0.2, -0.15) is 0 Å². The van der Waals surface area contributed by atoms with E-state index in [1.807, 2.05) is 0 Å². The van der Waals surface area contributed by atoms with Crippen molar-refractivity contribution in [1.82, 2.24) is 10.6 Å². The molecule has 0 heterocycles. The molecule has 0 aromatic heterocycles. The largest absolute Gasteiger partial charge is 0.507 e. The smallest absolute Gasteiger partial charge is 0.244 e. The molecule has 2 amide bonds. The Bertz CT molecular complexity index is 774. The average molecular weight is 366 g/mol. The summed E-state index contributed by atoms with van der Waals surface area (Å²) < 4.78 is 0. The third-order valence-corrected chi connectivity index (χ3v) is 3.65. The summed E-state index contributed by atoms with van der Waals surface area (Å²) in [6.45, 7) is 0.820. The molecule has 0 spiro atoms. The molecule has 4 N–H and O–H groups in total. The van der Waals surface area contributed by atoms with Crippen molar-refractivity contribution in [3.05, 3.63) is 71.8 Å². The number of phenolic OH excluding ortho intramolecular Hbond substituents is 2. The van der Waals surface area contributed by atoms with Gasteiger partial charge >= 0.3 is 0 Å². The van der Waals surface area contributed by atoms with Crippen molar-refractivity contribution in [3.63, 3.8) is 0 Å². The number of carbonyl (C=O) groups is 2. The Morgan fingerprint density at radius 2 is 1.15 bits per heavy atom. The summed E-state index contributed by atoms with van der Waals surface area (Å²) in [4.78, 5) is 23.4. The summed E-state index contributed by atoms with van der Waals surface area (Å²) in [6.07, 6.45) is 6.35. The van der Waals surface area contributed by atoms with E-state index in [1.54, 1.807) is 48.5 Å². The monoisotopic (exact) mass is 366 g/mol. The van der Waals surface area contributed by atoms with Crippen molar-refractivity contribution in [2.45, 2.75) is 6.42 Å². The second-order valence-corrected chi connectivity index (χ2v) is 5.72. The fourth-order valence-electron chi connectivity index (χ4n) is 2.22. The van der Waals surface area contributed by atoms with Gasteiger partial charge in [-0.1, -0.05) is 36.4 Å². The van der Waals surface area contributed by atoms with E-state index in [4.69, 9.17) is 0 Å². The van der Waals surface area contributed by atoms with Gasteiger partial charge in [0.25, 0.3) is 0 Å². The molecule has 0 aliphatic carbocycles. The molecule has 0 fully saturated rings. The molecule has 2 aromatic rings. The summed E-state index contributed by atoms with van der Waals surface area (Å²) in [6, 6.07) is 13.5. The number of amides is 2. The summed E-state index contributed by atoms with van der Waals surface area (Å²) in [5.41, 5.74) is 1.13. The van der Waals surface area contributed by atoms with Gasteiger partial charge in [-0.15, -0.1) is 0 Å². The molecule has 6 nitrogen and oxygen atoms in total. The molecule has 0 aliphatic heterocycles. The first-order chi connectivity index (χ1) is 13.1. The predicted octanol–water partition coefficient (Wildman–Crippen LogP) is 2.45. The van der Waals surface area contributed by atoms with E-state index in [1.165, 1.54) is 24.3 Å². The van der Waals surface area contributed by atoms with Crippen LogP contribution in [0.3, 0.4) is 0 Å². The molecule has 0 aliphatic rings. The van der Waals surface area contributed by atoms with Gasteiger partial charge in [0.15, 0.2) is 0 Å². The van der Waals surface area contributed by atoms with Crippen LogP contribution in [0.2, 0.25) is 0 Å². The standard InChI is InChI=1S/C21H22N2O4/c24-18-8-3-1-6-16(18)10-12-20(26)22-14-5-15-23-21(27)13-11-17-7-2-4-9-19(17)25/h1-4,6-13,24-25H,5,14-15H2,(H,22,26)(H,23,27)/b12-10+,13-11+. The highest BCUT2D eigenvalue weighted by molar-refractivity contribution is 5.92. The molecule has 27 heavy (non-hydrogen) atoms. The number of nitrogens with one attached hydrogen (secondary N) is 2. The summed E-state index contributed by atoms with van der Waals surface area (Å²) >= 11 is 0. The highest BCUT2D eigenvalue weighted by atomic mass is 16.3. The lowest BCUT2D eigenvalue weighted by Gasteiger charge is -2.04. The number of hydrogen-bond donors (Lipinski definition) is 4. The lowest BCUT2D eigenvalue weighted by Crippen LogP contribution is -2.28. The zero-order valence-electron chi connectivity index (χ0n) is 14.8. The maximum Gasteiger partial charge on any atom is 0.244 e. The van der Waals surface area contributed by atoms with Crippen LogP contribution in [0.25, 0.3) is 12.2 Å². The second kappa shape index (κ2) is 10.5. The number of rotatable bonds is 8. The van der Waals surface area contributed by atoms with E-state index >= 15 is 0 Å². The molecule has 0 saturated heterocycles. The molecule has 2 aromatic carbocycles.